The minimum Gasteiger partial charge on any atom is -0.497 e. The van der Waals surface area contributed by atoms with Gasteiger partial charge in [0.15, 0.2) is 0 Å². The van der Waals surface area contributed by atoms with Gasteiger partial charge in [-0.2, -0.15) is 0 Å². The van der Waals surface area contributed by atoms with Gasteiger partial charge in [-0.15, -0.1) is 5.10 Å². The van der Waals surface area contributed by atoms with Crippen molar-refractivity contribution < 1.29 is 17.9 Å². The normalized spacial score (nSPS) is 11.1. The highest BCUT2D eigenvalue weighted by atomic mass is 32.1. The molecule has 27 heavy (non-hydrogen) atoms. The first-order valence-electron chi connectivity index (χ1n) is 8.27. The molecule has 3 rings (SSSR count). The molecule has 0 bridgehead atoms. The zero-order valence-corrected chi connectivity index (χ0v) is 15.8. The summed E-state index contributed by atoms with van der Waals surface area (Å²) in [6, 6.07) is 11.1. The molecular weight excluding hydrogens is 372 g/mol. The van der Waals surface area contributed by atoms with E-state index in [-0.39, 0.29) is 11.4 Å². The molecule has 142 valence electrons. The molecule has 8 heteroatoms. The molecule has 0 saturated carbocycles. The van der Waals surface area contributed by atoms with E-state index in [1.54, 1.807) is 14.2 Å². The van der Waals surface area contributed by atoms with Gasteiger partial charge in [-0.05, 0) is 43.0 Å². The first-order valence-corrected chi connectivity index (χ1v) is 8.67. The summed E-state index contributed by atoms with van der Waals surface area (Å²) in [5, 5.41) is 4.38. The van der Waals surface area contributed by atoms with Crippen LogP contribution >= 0.6 is 12.2 Å². The van der Waals surface area contributed by atoms with Crippen LogP contribution in [0.1, 0.15) is 17.0 Å². The van der Waals surface area contributed by atoms with E-state index >= 15 is 0 Å². The second-order valence-corrected chi connectivity index (χ2v) is 6.53. The van der Waals surface area contributed by atoms with E-state index in [1.165, 1.54) is 16.8 Å². The summed E-state index contributed by atoms with van der Waals surface area (Å²) in [5.74, 6) is 0.0953. The summed E-state index contributed by atoms with van der Waals surface area (Å²) in [7, 11) is 3.41. The third kappa shape index (κ3) is 4.99. The van der Waals surface area contributed by atoms with Crippen molar-refractivity contribution in [2.45, 2.75) is 19.6 Å². The van der Waals surface area contributed by atoms with E-state index < -0.39 is 11.6 Å². The SMILES string of the molecule is COc1ccc(Cc2nn(CN(C)Cc3ccc(F)cc3F)c(=S)o2)cc1. The number of nitrogens with zero attached hydrogens (tertiary/aromatic N) is 3. The maximum Gasteiger partial charge on any atom is 0.288 e. The molecule has 1 heterocycles. The topological polar surface area (TPSA) is 43.4 Å². The predicted octanol–water partition coefficient (Wildman–Crippen LogP) is 4.17. The lowest BCUT2D eigenvalue weighted by molar-refractivity contribution is 0.237. The van der Waals surface area contributed by atoms with Gasteiger partial charge in [0.05, 0.1) is 20.2 Å². The fraction of sp³-hybridized carbons (Fsp3) is 0.263. The molecule has 0 N–H and O–H groups in total. The van der Waals surface area contributed by atoms with Crippen LogP contribution in [0.3, 0.4) is 0 Å². The number of rotatable bonds is 7. The van der Waals surface area contributed by atoms with Crippen LogP contribution in [0.2, 0.25) is 0 Å². The average Bonchev–Trinajstić information content (AvgIpc) is 2.97. The highest BCUT2D eigenvalue weighted by Gasteiger charge is 2.11. The third-order valence-corrected chi connectivity index (χ3v) is 4.29. The monoisotopic (exact) mass is 391 g/mol. The summed E-state index contributed by atoms with van der Waals surface area (Å²) >= 11 is 5.22. The van der Waals surface area contributed by atoms with Gasteiger partial charge < -0.3 is 9.15 Å². The van der Waals surface area contributed by atoms with Crippen molar-refractivity contribution in [1.29, 1.82) is 0 Å². The van der Waals surface area contributed by atoms with Crippen LogP contribution in [0.4, 0.5) is 8.78 Å². The zero-order valence-electron chi connectivity index (χ0n) is 15.0. The lowest BCUT2D eigenvalue weighted by Gasteiger charge is -2.16. The Labute approximate surface area is 160 Å². The average molecular weight is 391 g/mol. The summed E-state index contributed by atoms with van der Waals surface area (Å²) < 4.78 is 39.0. The van der Waals surface area contributed by atoms with Crippen LogP contribution in [0.15, 0.2) is 46.9 Å². The Morgan fingerprint density at radius 1 is 1.19 bits per heavy atom. The maximum atomic E-state index is 13.8. The van der Waals surface area contributed by atoms with Crippen molar-refractivity contribution in [3.05, 3.63) is 76.0 Å². The lowest BCUT2D eigenvalue weighted by Crippen LogP contribution is -2.23. The Kier molecular flexibility index (Phi) is 5.98. The molecule has 2 aromatic carbocycles. The predicted molar refractivity (Wildman–Crippen MR) is 99.0 cm³/mol. The Bertz CT molecular complexity index is 970. The molecule has 0 saturated heterocycles. The fourth-order valence-corrected chi connectivity index (χ4v) is 2.84. The zero-order chi connectivity index (χ0) is 19.4. The van der Waals surface area contributed by atoms with Crippen LogP contribution in [-0.2, 0) is 19.6 Å². The maximum absolute atomic E-state index is 13.8. The van der Waals surface area contributed by atoms with Crippen LogP contribution in [0.25, 0.3) is 0 Å². The largest absolute Gasteiger partial charge is 0.497 e. The molecule has 0 radical (unpaired) electrons. The van der Waals surface area contributed by atoms with Gasteiger partial charge in [-0.1, -0.05) is 18.2 Å². The minimum absolute atomic E-state index is 0.241. The van der Waals surface area contributed by atoms with Crippen molar-refractivity contribution in [3.8, 4) is 5.75 Å². The Hall–Kier alpha value is -2.58. The van der Waals surface area contributed by atoms with Crippen molar-refractivity contribution in [2.24, 2.45) is 0 Å². The van der Waals surface area contributed by atoms with Crippen LogP contribution < -0.4 is 4.74 Å². The molecule has 1 aromatic heterocycles. The second kappa shape index (κ2) is 8.41. The van der Waals surface area contributed by atoms with Gasteiger partial charge in [0, 0.05) is 18.2 Å². The Balaban J connectivity index is 1.65. The molecule has 3 aromatic rings. The summed E-state index contributed by atoms with van der Waals surface area (Å²) in [6.07, 6.45) is 0.497. The third-order valence-electron chi connectivity index (χ3n) is 3.99. The number of benzene rings is 2. The lowest BCUT2D eigenvalue weighted by atomic mass is 10.1. The standard InChI is InChI=1S/C19H19F2N3O2S/c1-23(11-14-5-6-15(20)10-17(14)21)12-24-19(27)26-18(22-24)9-13-3-7-16(25-2)8-4-13/h3-8,10H,9,11-12H2,1-2H3. The van der Waals surface area contributed by atoms with Crippen LogP contribution in [0, 0.1) is 16.5 Å². The molecule has 0 spiro atoms. The highest BCUT2D eigenvalue weighted by molar-refractivity contribution is 7.71. The number of methoxy groups -OCH3 is 1. The van der Waals surface area contributed by atoms with E-state index in [0.29, 0.717) is 24.5 Å². The fourth-order valence-electron chi connectivity index (χ4n) is 2.65. The van der Waals surface area contributed by atoms with Crippen molar-refractivity contribution in [1.82, 2.24) is 14.7 Å². The highest BCUT2D eigenvalue weighted by Crippen LogP contribution is 2.15. The van der Waals surface area contributed by atoms with E-state index in [9.17, 15) is 8.78 Å². The molecule has 5 nitrogen and oxygen atoms in total. The molecule has 0 aliphatic carbocycles. The summed E-state index contributed by atoms with van der Waals surface area (Å²) in [5.41, 5.74) is 1.41. The summed E-state index contributed by atoms with van der Waals surface area (Å²) in [6.45, 7) is 0.607. The number of halogens is 2. The Morgan fingerprint density at radius 2 is 1.93 bits per heavy atom. The number of aromatic nitrogens is 2. The van der Waals surface area contributed by atoms with Crippen molar-refractivity contribution >= 4 is 12.2 Å². The number of ether oxygens (including phenoxy) is 1. The van der Waals surface area contributed by atoms with Crippen molar-refractivity contribution in [2.75, 3.05) is 14.2 Å². The molecule has 0 aliphatic rings. The number of hydrogen-bond donors (Lipinski definition) is 0. The molecule has 0 unspecified atom stereocenters. The van der Waals surface area contributed by atoms with E-state index in [0.717, 1.165) is 17.4 Å². The van der Waals surface area contributed by atoms with Crippen LogP contribution in [0.5, 0.6) is 5.75 Å². The molecule has 0 amide bonds. The molecule has 0 atom stereocenters. The first kappa shape index (κ1) is 19.2. The van der Waals surface area contributed by atoms with Gasteiger partial charge >= 0.3 is 0 Å². The van der Waals surface area contributed by atoms with Gasteiger partial charge in [-0.25, -0.2) is 13.5 Å². The van der Waals surface area contributed by atoms with E-state index in [2.05, 4.69) is 5.10 Å². The molecule has 0 fully saturated rings. The molecule has 0 aliphatic heterocycles. The quantitative estimate of drug-likeness (QED) is 0.566. The molecular formula is C19H19F2N3O2S. The van der Waals surface area contributed by atoms with E-state index in [4.69, 9.17) is 21.4 Å². The second-order valence-electron chi connectivity index (χ2n) is 6.18. The van der Waals surface area contributed by atoms with Gasteiger partial charge in [-0.3, -0.25) is 4.90 Å². The van der Waals surface area contributed by atoms with Gasteiger partial charge in [0.1, 0.15) is 17.4 Å². The van der Waals surface area contributed by atoms with Crippen LogP contribution in [-0.4, -0.2) is 28.8 Å². The van der Waals surface area contributed by atoms with E-state index in [1.807, 2.05) is 29.2 Å². The smallest absolute Gasteiger partial charge is 0.288 e. The van der Waals surface area contributed by atoms with Gasteiger partial charge in [0.2, 0.25) is 5.89 Å². The number of hydrogen-bond acceptors (Lipinski definition) is 5. The minimum atomic E-state index is -0.596. The van der Waals surface area contributed by atoms with Gasteiger partial charge in [0.25, 0.3) is 4.84 Å². The Morgan fingerprint density at radius 3 is 2.59 bits per heavy atom. The summed E-state index contributed by atoms with van der Waals surface area (Å²) in [4.78, 5) is 2.05. The first-order chi connectivity index (χ1) is 12.9. The van der Waals surface area contributed by atoms with Crippen molar-refractivity contribution in [3.63, 3.8) is 0 Å².